The number of nitrogens with one attached hydrogen (secondary N) is 1. The summed E-state index contributed by atoms with van der Waals surface area (Å²) in [4.78, 5) is 8.07. The van der Waals surface area contributed by atoms with Gasteiger partial charge in [-0.2, -0.15) is 0 Å². The zero-order chi connectivity index (χ0) is 14.0. The number of halogens is 1. The van der Waals surface area contributed by atoms with Gasteiger partial charge in [0, 0.05) is 0 Å². The average molecular weight is 342 g/mol. The Kier molecular flexibility index (Phi) is 3.86. The Hall–Kier alpha value is -1.47. The molecule has 0 radical (unpaired) electrons. The van der Waals surface area contributed by atoms with Crippen molar-refractivity contribution < 1.29 is 8.42 Å². The van der Waals surface area contributed by atoms with Crippen LogP contribution < -0.4 is 4.72 Å². The van der Waals surface area contributed by atoms with Gasteiger partial charge in [-0.05, 0) is 53.0 Å². The van der Waals surface area contributed by atoms with Gasteiger partial charge in [0.05, 0.1) is 17.3 Å². The molecule has 0 bridgehead atoms. The van der Waals surface area contributed by atoms with Crippen LogP contribution in [-0.4, -0.2) is 18.4 Å². The summed E-state index contributed by atoms with van der Waals surface area (Å²) in [5.74, 6) is 0.183. The predicted octanol–water partition coefficient (Wildman–Crippen LogP) is 2.66. The molecule has 0 saturated heterocycles. The first-order valence-corrected chi connectivity index (χ1v) is 7.73. The first kappa shape index (κ1) is 14.0. The van der Waals surface area contributed by atoms with Crippen LogP contribution in [0, 0.1) is 13.8 Å². The number of sulfonamides is 1. The molecule has 0 atom stereocenters. The van der Waals surface area contributed by atoms with Gasteiger partial charge in [0.2, 0.25) is 0 Å². The SMILES string of the molecule is Cc1cc(C)cc(S(=O)(=O)Nc2cnc(Br)cn2)c1. The van der Waals surface area contributed by atoms with Gasteiger partial charge in [-0.15, -0.1) is 0 Å². The Morgan fingerprint density at radius 1 is 1.05 bits per heavy atom. The van der Waals surface area contributed by atoms with Crippen molar-refractivity contribution in [3.8, 4) is 0 Å². The maximum absolute atomic E-state index is 12.2. The van der Waals surface area contributed by atoms with Crippen molar-refractivity contribution in [2.75, 3.05) is 4.72 Å². The summed E-state index contributed by atoms with van der Waals surface area (Å²) in [5, 5.41) is 0. The van der Waals surface area contributed by atoms with E-state index in [0.717, 1.165) is 11.1 Å². The lowest BCUT2D eigenvalue weighted by Gasteiger charge is -2.08. The van der Waals surface area contributed by atoms with Crippen molar-refractivity contribution >= 4 is 31.8 Å². The van der Waals surface area contributed by atoms with Crippen molar-refractivity contribution in [1.29, 1.82) is 0 Å². The van der Waals surface area contributed by atoms with Crippen LogP contribution in [0.3, 0.4) is 0 Å². The molecule has 100 valence electrons. The van der Waals surface area contributed by atoms with E-state index in [9.17, 15) is 8.42 Å². The predicted molar refractivity (Wildman–Crippen MR) is 76.5 cm³/mol. The third kappa shape index (κ3) is 3.51. The van der Waals surface area contributed by atoms with Gasteiger partial charge in [0.15, 0.2) is 5.82 Å². The third-order valence-electron chi connectivity index (χ3n) is 2.36. The van der Waals surface area contributed by atoms with Gasteiger partial charge < -0.3 is 0 Å². The summed E-state index contributed by atoms with van der Waals surface area (Å²) >= 11 is 3.14. The molecule has 0 spiro atoms. The van der Waals surface area contributed by atoms with Crippen molar-refractivity contribution in [3.05, 3.63) is 46.3 Å². The minimum absolute atomic E-state index is 0.183. The van der Waals surface area contributed by atoms with Crippen molar-refractivity contribution in [3.63, 3.8) is 0 Å². The van der Waals surface area contributed by atoms with Crippen LogP contribution >= 0.6 is 15.9 Å². The van der Waals surface area contributed by atoms with E-state index < -0.39 is 10.0 Å². The Morgan fingerprint density at radius 3 is 2.21 bits per heavy atom. The fourth-order valence-electron chi connectivity index (χ4n) is 1.65. The molecule has 1 aromatic heterocycles. The van der Waals surface area contributed by atoms with Gasteiger partial charge in [0.1, 0.15) is 4.60 Å². The van der Waals surface area contributed by atoms with E-state index in [2.05, 4.69) is 30.6 Å². The van der Waals surface area contributed by atoms with Crippen molar-refractivity contribution in [2.24, 2.45) is 0 Å². The van der Waals surface area contributed by atoms with Crippen LogP contribution in [0.2, 0.25) is 0 Å². The Labute approximate surface area is 120 Å². The molecule has 5 nitrogen and oxygen atoms in total. The highest BCUT2D eigenvalue weighted by atomic mass is 79.9. The fourth-order valence-corrected chi connectivity index (χ4v) is 3.04. The lowest BCUT2D eigenvalue weighted by Crippen LogP contribution is -2.14. The summed E-state index contributed by atoms with van der Waals surface area (Å²) in [5.41, 5.74) is 1.78. The number of hydrogen-bond donors (Lipinski definition) is 1. The quantitative estimate of drug-likeness (QED) is 0.931. The average Bonchev–Trinajstić information content (AvgIpc) is 2.31. The van der Waals surface area contributed by atoms with Crippen LogP contribution in [0.15, 0.2) is 40.1 Å². The number of aromatic nitrogens is 2. The van der Waals surface area contributed by atoms with E-state index in [1.165, 1.54) is 12.4 Å². The first-order valence-electron chi connectivity index (χ1n) is 5.45. The van der Waals surface area contributed by atoms with Gasteiger partial charge in [-0.1, -0.05) is 6.07 Å². The molecule has 19 heavy (non-hydrogen) atoms. The van der Waals surface area contributed by atoms with Gasteiger partial charge in [-0.25, -0.2) is 18.4 Å². The summed E-state index contributed by atoms with van der Waals surface area (Å²) < 4.78 is 27.3. The standard InChI is InChI=1S/C12H12BrN3O2S/c1-8-3-9(2)5-10(4-8)19(17,18)16-12-7-14-11(13)6-15-12/h3-7H,1-2H3,(H,15,16). The molecule has 1 heterocycles. The van der Waals surface area contributed by atoms with Gasteiger partial charge in [0.25, 0.3) is 10.0 Å². The highest BCUT2D eigenvalue weighted by Gasteiger charge is 2.15. The molecule has 0 fully saturated rings. The summed E-state index contributed by atoms with van der Waals surface area (Å²) in [6.45, 7) is 3.71. The monoisotopic (exact) mass is 341 g/mol. The van der Waals surface area contributed by atoms with E-state index in [0.29, 0.717) is 4.60 Å². The van der Waals surface area contributed by atoms with E-state index >= 15 is 0 Å². The molecular weight excluding hydrogens is 330 g/mol. The third-order valence-corrected chi connectivity index (χ3v) is 4.11. The van der Waals surface area contributed by atoms with Crippen LogP contribution in [0.5, 0.6) is 0 Å². The summed E-state index contributed by atoms with van der Waals surface area (Å²) in [6, 6.07) is 5.14. The van der Waals surface area contributed by atoms with Crippen molar-refractivity contribution in [1.82, 2.24) is 9.97 Å². The fraction of sp³-hybridized carbons (Fsp3) is 0.167. The van der Waals surface area contributed by atoms with Gasteiger partial charge >= 0.3 is 0 Å². The molecule has 2 rings (SSSR count). The van der Waals surface area contributed by atoms with Gasteiger partial charge in [-0.3, -0.25) is 4.72 Å². The highest BCUT2D eigenvalue weighted by molar-refractivity contribution is 9.10. The molecule has 0 unspecified atom stereocenters. The number of hydrogen-bond acceptors (Lipinski definition) is 4. The number of anilines is 1. The molecule has 1 aromatic carbocycles. The second-order valence-corrected chi connectivity index (χ2v) is 6.65. The van der Waals surface area contributed by atoms with E-state index in [1.807, 2.05) is 19.9 Å². The van der Waals surface area contributed by atoms with Crippen LogP contribution in [0.1, 0.15) is 11.1 Å². The molecule has 0 aliphatic rings. The molecule has 0 saturated carbocycles. The summed E-state index contributed by atoms with van der Waals surface area (Å²) in [6.07, 6.45) is 2.78. The summed E-state index contributed by atoms with van der Waals surface area (Å²) in [7, 11) is -3.64. The highest BCUT2D eigenvalue weighted by Crippen LogP contribution is 2.17. The zero-order valence-electron chi connectivity index (χ0n) is 10.4. The van der Waals surface area contributed by atoms with E-state index in [-0.39, 0.29) is 10.7 Å². The van der Waals surface area contributed by atoms with Crippen LogP contribution in [0.25, 0.3) is 0 Å². The second-order valence-electron chi connectivity index (χ2n) is 4.15. The molecule has 0 aliphatic carbocycles. The van der Waals surface area contributed by atoms with Crippen molar-refractivity contribution in [2.45, 2.75) is 18.7 Å². The molecule has 7 heteroatoms. The zero-order valence-corrected chi connectivity index (χ0v) is 12.8. The lowest BCUT2D eigenvalue weighted by molar-refractivity contribution is 0.601. The van der Waals surface area contributed by atoms with E-state index in [1.54, 1.807) is 12.1 Å². The minimum Gasteiger partial charge on any atom is -0.262 e. The second kappa shape index (κ2) is 5.26. The van der Waals surface area contributed by atoms with Crippen LogP contribution in [-0.2, 0) is 10.0 Å². The first-order chi connectivity index (χ1) is 8.87. The molecule has 1 N–H and O–H groups in total. The normalized spacial score (nSPS) is 11.3. The largest absolute Gasteiger partial charge is 0.263 e. The maximum Gasteiger partial charge on any atom is 0.263 e. The topological polar surface area (TPSA) is 72.0 Å². The Bertz CT molecular complexity index is 679. The number of aryl methyl sites for hydroxylation is 2. The maximum atomic E-state index is 12.2. The minimum atomic E-state index is -3.64. The Morgan fingerprint density at radius 2 is 1.68 bits per heavy atom. The molecule has 0 aliphatic heterocycles. The van der Waals surface area contributed by atoms with E-state index in [4.69, 9.17) is 0 Å². The number of rotatable bonds is 3. The molecular formula is C12H12BrN3O2S. The number of benzene rings is 1. The lowest BCUT2D eigenvalue weighted by atomic mass is 10.2. The number of nitrogens with zero attached hydrogens (tertiary/aromatic N) is 2. The smallest absolute Gasteiger partial charge is 0.262 e. The molecule has 2 aromatic rings. The Balaban J connectivity index is 2.34. The van der Waals surface area contributed by atoms with Crippen LogP contribution in [0.4, 0.5) is 5.82 Å². The molecule has 0 amide bonds.